The predicted octanol–water partition coefficient (Wildman–Crippen LogP) is 3.00. The molecule has 0 aliphatic heterocycles. The first kappa shape index (κ1) is 16.0. The highest BCUT2D eigenvalue weighted by Gasteiger charge is 2.22. The number of aromatic nitrogens is 2. The van der Waals surface area contributed by atoms with Crippen molar-refractivity contribution in [2.45, 2.75) is 52.3 Å². The van der Waals surface area contributed by atoms with E-state index in [1.165, 1.54) is 10.9 Å². The standard InChI is InChI=1S/C17H27N3O/c1-5-17(21-4)15(18-6-2)12-14-13-10-8-9-11-16(13)20(7-3)19-14/h8-11,15,17-18H,5-7,12H2,1-4H3. The Balaban J connectivity index is 2.32. The summed E-state index contributed by atoms with van der Waals surface area (Å²) in [5.74, 6) is 0. The number of rotatable bonds is 8. The minimum Gasteiger partial charge on any atom is -0.380 e. The van der Waals surface area contributed by atoms with Gasteiger partial charge in [0.2, 0.25) is 0 Å². The number of benzene rings is 1. The second-order valence-corrected chi connectivity index (χ2v) is 5.33. The maximum absolute atomic E-state index is 5.63. The van der Waals surface area contributed by atoms with Crippen LogP contribution in [0.15, 0.2) is 24.3 Å². The number of fused-ring (bicyclic) bond motifs is 1. The van der Waals surface area contributed by atoms with E-state index in [9.17, 15) is 0 Å². The van der Waals surface area contributed by atoms with E-state index in [1.54, 1.807) is 7.11 Å². The lowest BCUT2D eigenvalue weighted by molar-refractivity contribution is 0.0656. The van der Waals surface area contributed by atoms with E-state index < -0.39 is 0 Å². The highest BCUT2D eigenvalue weighted by molar-refractivity contribution is 5.82. The normalized spacial score (nSPS) is 14.5. The van der Waals surface area contributed by atoms with Gasteiger partial charge < -0.3 is 10.1 Å². The number of nitrogens with one attached hydrogen (secondary N) is 1. The van der Waals surface area contributed by atoms with Crippen molar-refractivity contribution >= 4 is 10.9 Å². The first-order chi connectivity index (χ1) is 10.2. The highest BCUT2D eigenvalue weighted by Crippen LogP contribution is 2.21. The van der Waals surface area contributed by atoms with Crippen molar-refractivity contribution in [3.8, 4) is 0 Å². The Hall–Kier alpha value is -1.39. The first-order valence-electron chi connectivity index (χ1n) is 7.95. The number of likely N-dealkylation sites (N-methyl/N-ethyl adjacent to an activating group) is 1. The molecule has 2 aromatic rings. The number of ether oxygens (including phenoxy) is 1. The molecule has 0 amide bonds. The van der Waals surface area contributed by atoms with Gasteiger partial charge in [0.1, 0.15) is 0 Å². The number of methoxy groups -OCH3 is 1. The molecule has 0 aliphatic rings. The second-order valence-electron chi connectivity index (χ2n) is 5.33. The fourth-order valence-electron chi connectivity index (χ4n) is 3.01. The Labute approximate surface area is 127 Å². The smallest absolute Gasteiger partial charge is 0.0725 e. The summed E-state index contributed by atoms with van der Waals surface area (Å²) in [5.41, 5.74) is 2.38. The summed E-state index contributed by atoms with van der Waals surface area (Å²) in [6.45, 7) is 8.28. The lowest BCUT2D eigenvalue weighted by atomic mass is 10.0. The quantitative estimate of drug-likeness (QED) is 0.812. The van der Waals surface area contributed by atoms with Crippen LogP contribution in [-0.2, 0) is 17.7 Å². The fourth-order valence-corrected chi connectivity index (χ4v) is 3.01. The van der Waals surface area contributed by atoms with Gasteiger partial charge in [-0.1, -0.05) is 32.0 Å². The van der Waals surface area contributed by atoms with Crippen molar-refractivity contribution in [3.63, 3.8) is 0 Å². The van der Waals surface area contributed by atoms with Gasteiger partial charge >= 0.3 is 0 Å². The van der Waals surface area contributed by atoms with Crippen LogP contribution in [0.2, 0.25) is 0 Å². The zero-order valence-electron chi connectivity index (χ0n) is 13.6. The van der Waals surface area contributed by atoms with Gasteiger partial charge in [-0.15, -0.1) is 0 Å². The highest BCUT2D eigenvalue weighted by atomic mass is 16.5. The topological polar surface area (TPSA) is 39.1 Å². The predicted molar refractivity (Wildman–Crippen MR) is 87.7 cm³/mol. The molecule has 1 N–H and O–H groups in total. The van der Waals surface area contributed by atoms with Crippen LogP contribution < -0.4 is 5.32 Å². The monoisotopic (exact) mass is 289 g/mol. The average molecular weight is 289 g/mol. The molecule has 0 saturated heterocycles. The zero-order valence-corrected chi connectivity index (χ0v) is 13.6. The zero-order chi connectivity index (χ0) is 15.2. The molecule has 1 aromatic carbocycles. The molecule has 1 heterocycles. The average Bonchev–Trinajstić information content (AvgIpc) is 2.87. The van der Waals surface area contributed by atoms with Crippen LogP contribution in [-0.4, -0.2) is 35.6 Å². The van der Waals surface area contributed by atoms with Crippen molar-refractivity contribution in [1.29, 1.82) is 0 Å². The Kier molecular flexibility index (Phi) is 5.76. The van der Waals surface area contributed by atoms with E-state index in [-0.39, 0.29) is 6.10 Å². The molecule has 2 atom stereocenters. The molecule has 0 aliphatic carbocycles. The number of aryl methyl sites for hydroxylation is 1. The van der Waals surface area contributed by atoms with Crippen LogP contribution in [0.1, 0.15) is 32.9 Å². The summed E-state index contributed by atoms with van der Waals surface area (Å²) in [6.07, 6.45) is 2.12. The molecule has 4 heteroatoms. The van der Waals surface area contributed by atoms with E-state index in [1.807, 2.05) is 0 Å². The summed E-state index contributed by atoms with van der Waals surface area (Å²) >= 11 is 0. The maximum atomic E-state index is 5.63. The summed E-state index contributed by atoms with van der Waals surface area (Å²) < 4.78 is 7.72. The van der Waals surface area contributed by atoms with Gasteiger partial charge in [-0.05, 0) is 26.0 Å². The fraction of sp³-hybridized carbons (Fsp3) is 0.588. The molecule has 1 aromatic heterocycles. The number of hydrogen-bond acceptors (Lipinski definition) is 3. The molecule has 0 spiro atoms. The van der Waals surface area contributed by atoms with E-state index in [2.05, 4.69) is 55.0 Å². The van der Waals surface area contributed by atoms with Gasteiger partial charge in [0.15, 0.2) is 0 Å². The van der Waals surface area contributed by atoms with Gasteiger partial charge in [-0.3, -0.25) is 4.68 Å². The Bertz CT molecular complexity index is 560. The lowest BCUT2D eigenvalue weighted by Crippen LogP contribution is -2.42. The van der Waals surface area contributed by atoms with E-state index in [0.717, 1.165) is 31.6 Å². The number of nitrogens with zero attached hydrogens (tertiary/aromatic N) is 2. The van der Waals surface area contributed by atoms with E-state index in [0.29, 0.717) is 6.04 Å². The third-order valence-corrected chi connectivity index (χ3v) is 4.07. The molecule has 0 saturated carbocycles. The molecule has 2 unspecified atom stereocenters. The van der Waals surface area contributed by atoms with Crippen molar-refractivity contribution in [2.75, 3.05) is 13.7 Å². The van der Waals surface area contributed by atoms with Crippen LogP contribution in [0.4, 0.5) is 0 Å². The van der Waals surface area contributed by atoms with Crippen LogP contribution >= 0.6 is 0 Å². The summed E-state index contributed by atoms with van der Waals surface area (Å²) in [7, 11) is 1.79. The van der Waals surface area contributed by atoms with Crippen LogP contribution in [0.3, 0.4) is 0 Å². The minimum absolute atomic E-state index is 0.218. The molecule has 21 heavy (non-hydrogen) atoms. The van der Waals surface area contributed by atoms with E-state index in [4.69, 9.17) is 9.84 Å². The number of hydrogen-bond donors (Lipinski definition) is 1. The van der Waals surface area contributed by atoms with Gasteiger partial charge in [0, 0.05) is 31.5 Å². The summed E-state index contributed by atoms with van der Waals surface area (Å²) in [6, 6.07) is 8.77. The molecule has 0 fully saturated rings. The van der Waals surface area contributed by atoms with Gasteiger partial charge in [-0.25, -0.2) is 0 Å². The third kappa shape index (κ3) is 3.44. The van der Waals surface area contributed by atoms with Crippen molar-refractivity contribution in [2.24, 2.45) is 0 Å². The van der Waals surface area contributed by atoms with Crippen molar-refractivity contribution in [3.05, 3.63) is 30.0 Å². The molecule has 116 valence electrons. The maximum Gasteiger partial charge on any atom is 0.0725 e. The van der Waals surface area contributed by atoms with Gasteiger partial charge in [0.05, 0.1) is 17.3 Å². The van der Waals surface area contributed by atoms with Crippen LogP contribution in [0.25, 0.3) is 10.9 Å². The lowest BCUT2D eigenvalue weighted by Gasteiger charge is -2.25. The molecule has 0 radical (unpaired) electrons. The summed E-state index contributed by atoms with van der Waals surface area (Å²) in [5, 5.41) is 9.61. The first-order valence-corrected chi connectivity index (χ1v) is 7.95. The minimum atomic E-state index is 0.218. The van der Waals surface area contributed by atoms with Crippen molar-refractivity contribution < 1.29 is 4.74 Å². The van der Waals surface area contributed by atoms with Crippen LogP contribution in [0, 0.1) is 0 Å². The Morgan fingerprint density at radius 1 is 1.24 bits per heavy atom. The largest absolute Gasteiger partial charge is 0.380 e. The van der Waals surface area contributed by atoms with Gasteiger partial charge in [-0.2, -0.15) is 5.10 Å². The Morgan fingerprint density at radius 3 is 2.62 bits per heavy atom. The van der Waals surface area contributed by atoms with Crippen molar-refractivity contribution in [1.82, 2.24) is 15.1 Å². The third-order valence-electron chi connectivity index (χ3n) is 4.07. The van der Waals surface area contributed by atoms with E-state index >= 15 is 0 Å². The molecule has 0 bridgehead atoms. The summed E-state index contributed by atoms with van der Waals surface area (Å²) in [4.78, 5) is 0. The van der Waals surface area contributed by atoms with Gasteiger partial charge in [0.25, 0.3) is 0 Å². The Morgan fingerprint density at radius 2 is 2.00 bits per heavy atom. The number of para-hydroxylation sites is 1. The second kappa shape index (κ2) is 7.57. The molecular weight excluding hydrogens is 262 g/mol. The molecule has 2 rings (SSSR count). The molecular formula is C17H27N3O. The molecule has 4 nitrogen and oxygen atoms in total. The van der Waals surface area contributed by atoms with Crippen LogP contribution in [0.5, 0.6) is 0 Å². The SMILES string of the molecule is CCNC(Cc1nn(CC)c2ccccc12)C(CC)OC.